The molecule has 15 heteroatoms. The largest absolute Gasteiger partial charge is 0.510 e. The summed E-state index contributed by atoms with van der Waals surface area (Å²) in [5, 5.41) is 63.5. The fraction of sp³-hybridized carbons (Fsp3) is 0.521. The molecule has 1 aliphatic carbocycles. The Hall–Kier alpha value is -5.19. The van der Waals surface area contributed by atoms with E-state index in [1.807, 2.05) is 26.0 Å². The van der Waals surface area contributed by atoms with Crippen LogP contribution in [0.25, 0.3) is 0 Å². The van der Waals surface area contributed by atoms with Crippen molar-refractivity contribution in [2.75, 3.05) is 13.6 Å². The van der Waals surface area contributed by atoms with Crippen molar-refractivity contribution in [1.29, 1.82) is 5.41 Å². The summed E-state index contributed by atoms with van der Waals surface area (Å²) in [7, 11) is 1.78. The molecule has 1 heterocycles. The van der Waals surface area contributed by atoms with Crippen LogP contribution >= 0.6 is 0 Å². The van der Waals surface area contributed by atoms with Crippen molar-refractivity contribution in [2.24, 2.45) is 17.8 Å². The second-order valence-corrected chi connectivity index (χ2v) is 16.3. The van der Waals surface area contributed by atoms with Gasteiger partial charge in [0.1, 0.15) is 29.8 Å². The van der Waals surface area contributed by atoms with Crippen LogP contribution in [0.1, 0.15) is 92.9 Å². The number of carbonyl (C=O) groups excluding carboxylic acids is 3. The number of aliphatic hydroxyl groups excluding tert-OH is 4. The topological polar surface area (TPSA) is 239 Å². The van der Waals surface area contributed by atoms with Crippen molar-refractivity contribution in [1.82, 2.24) is 15.5 Å². The first kappa shape index (κ1) is 53.9. The number of allylic oxidation sites excluding steroid dienone is 15. The molecule has 0 radical (unpaired) electrons. The third-order valence-corrected chi connectivity index (χ3v) is 10.5. The summed E-state index contributed by atoms with van der Waals surface area (Å²) in [6.07, 6.45) is 23.2. The zero-order valence-corrected chi connectivity index (χ0v) is 37.8. The molecule has 0 spiro atoms. The number of aliphatic hydroxyl groups is 4. The second-order valence-electron chi connectivity index (χ2n) is 16.3. The molecule has 0 aromatic carbocycles. The maximum Gasteiger partial charge on any atom is 0.335 e. The Labute approximate surface area is 372 Å². The van der Waals surface area contributed by atoms with Gasteiger partial charge in [-0.25, -0.2) is 4.79 Å². The fourth-order valence-electron chi connectivity index (χ4n) is 6.73. The number of ether oxygens (including phenoxy) is 2. The Morgan fingerprint density at radius 2 is 1.52 bits per heavy atom. The maximum absolute atomic E-state index is 12.3. The molecule has 0 saturated carbocycles. The molecule has 2 amide bonds. The van der Waals surface area contributed by atoms with Crippen LogP contribution in [-0.2, 0) is 28.7 Å². The number of unbranched alkanes of at least 4 members (excludes halogenated alkanes) is 2. The van der Waals surface area contributed by atoms with E-state index in [0.29, 0.717) is 18.0 Å². The molecule has 1 aliphatic heterocycles. The van der Waals surface area contributed by atoms with Gasteiger partial charge in [-0.2, -0.15) is 0 Å². The van der Waals surface area contributed by atoms with Gasteiger partial charge in [-0.1, -0.05) is 106 Å². The van der Waals surface area contributed by atoms with Crippen molar-refractivity contribution >= 4 is 29.5 Å². The van der Waals surface area contributed by atoms with Crippen LogP contribution in [0.15, 0.2) is 108 Å². The van der Waals surface area contributed by atoms with Crippen LogP contribution in [0.3, 0.4) is 0 Å². The summed E-state index contributed by atoms with van der Waals surface area (Å²) in [5.41, 5.74) is 1.14. The number of rotatable bonds is 24. The monoisotopic (exact) mass is 879 g/mol. The summed E-state index contributed by atoms with van der Waals surface area (Å²) in [5.74, 6) is -2.28. The lowest BCUT2D eigenvalue weighted by molar-refractivity contribution is -0.303. The van der Waals surface area contributed by atoms with Gasteiger partial charge in [0.25, 0.3) is 5.91 Å². The van der Waals surface area contributed by atoms with Crippen molar-refractivity contribution in [3.63, 3.8) is 0 Å². The quantitative estimate of drug-likeness (QED) is 0.0139. The highest BCUT2D eigenvalue weighted by atomic mass is 16.7. The summed E-state index contributed by atoms with van der Waals surface area (Å²) in [4.78, 5) is 48.8. The summed E-state index contributed by atoms with van der Waals surface area (Å²) in [6.45, 7) is 11.7. The molecule has 2 aliphatic rings. The Morgan fingerprint density at radius 1 is 0.873 bits per heavy atom. The average Bonchev–Trinajstić information content (AvgIpc) is 3.54. The van der Waals surface area contributed by atoms with Gasteiger partial charge in [0, 0.05) is 44.8 Å². The van der Waals surface area contributed by atoms with Gasteiger partial charge < -0.3 is 45.2 Å². The number of guanidine groups is 1. The predicted molar refractivity (Wildman–Crippen MR) is 243 cm³/mol. The van der Waals surface area contributed by atoms with Crippen molar-refractivity contribution < 1.29 is 54.2 Å². The van der Waals surface area contributed by atoms with Gasteiger partial charge in [0.2, 0.25) is 5.91 Å². The number of carbonyl (C=O) groups is 4. The molecule has 0 aromatic heterocycles. The lowest BCUT2D eigenvalue weighted by Gasteiger charge is -2.40. The Kier molecular flexibility index (Phi) is 24.4. The Bertz CT molecular complexity index is 1820. The number of amides is 2. The number of carboxylic acid groups (broad SMARTS) is 1. The number of nitrogens with zero attached hydrogens (tertiary/aromatic N) is 1. The van der Waals surface area contributed by atoms with E-state index in [0.717, 1.165) is 44.1 Å². The van der Waals surface area contributed by atoms with Crippen LogP contribution < -0.4 is 10.6 Å². The minimum Gasteiger partial charge on any atom is -0.510 e. The van der Waals surface area contributed by atoms with Crippen LogP contribution in [0, 0.1) is 23.2 Å². The molecule has 0 bridgehead atoms. The number of carboxylic acids is 1. The second kappa shape index (κ2) is 28.5. The third-order valence-electron chi connectivity index (χ3n) is 10.5. The molecular formula is C48H70N4O11. The van der Waals surface area contributed by atoms with Gasteiger partial charge in [0.15, 0.2) is 24.1 Å². The maximum atomic E-state index is 12.3. The minimum absolute atomic E-state index is 0.0467. The smallest absolute Gasteiger partial charge is 0.335 e. The number of hydrogen-bond acceptors (Lipinski definition) is 11. The number of nitrogens with one attached hydrogen (secondary N) is 3. The Morgan fingerprint density at radius 3 is 2.16 bits per heavy atom. The normalized spacial score (nSPS) is 23.5. The number of hydrogen-bond donors (Lipinski definition) is 8. The number of Topliss-reactive ketones (excluding diaryl/α,β-unsaturated/α-hetero) is 1. The van der Waals surface area contributed by atoms with Gasteiger partial charge in [-0.05, 0) is 69.8 Å². The molecule has 9 atom stereocenters. The highest BCUT2D eigenvalue weighted by molar-refractivity contribution is 6.04. The van der Waals surface area contributed by atoms with E-state index >= 15 is 0 Å². The van der Waals surface area contributed by atoms with Crippen LogP contribution in [0.4, 0.5) is 0 Å². The van der Waals surface area contributed by atoms with Crippen molar-refractivity contribution in [2.45, 2.75) is 130 Å². The van der Waals surface area contributed by atoms with E-state index in [-0.39, 0.29) is 53.8 Å². The molecule has 15 nitrogen and oxygen atoms in total. The number of ketones is 1. The van der Waals surface area contributed by atoms with Crippen molar-refractivity contribution in [3.8, 4) is 0 Å². The molecule has 0 aromatic rings. The Balaban J connectivity index is 1.98. The highest BCUT2D eigenvalue weighted by Gasteiger charge is 2.48. The van der Waals surface area contributed by atoms with E-state index in [4.69, 9.17) is 14.9 Å². The summed E-state index contributed by atoms with van der Waals surface area (Å²) < 4.78 is 11.7. The lowest BCUT2D eigenvalue weighted by Crippen LogP contribution is -2.61. The van der Waals surface area contributed by atoms with E-state index in [1.165, 1.54) is 6.92 Å². The van der Waals surface area contributed by atoms with Crippen molar-refractivity contribution in [3.05, 3.63) is 108 Å². The zero-order valence-electron chi connectivity index (χ0n) is 37.8. The predicted octanol–water partition coefficient (Wildman–Crippen LogP) is 5.99. The van der Waals surface area contributed by atoms with Gasteiger partial charge in [-0.3, -0.25) is 25.1 Å². The molecule has 2 rings (SSSR count). The summed E-state index contributed by atoms with van der Waals surface area (Å²) >= 11 is 0. The molecular weight excluding hydrogens is 809 g/mol. The third kappa shape index (κ3) is 19.8. The van der Waals surface area contributed by atoms with Crippen LogP contribution in [0.2, 0.25) is 0 Å². The lowest BCUT2D eigenvalue weighted by atomic mass is 9.92. The fourth-order valence-corrected chi connectivity index (χ4v) is 6.73. The van der Waals surface area contributed by atoms with Crippen LogP contribution in [0.5, 0.6) is 0 Å². The average molecular weight is 879 g/mol. The van der Waals surface area contributed by atoms with Gasteiger partial charge in [-0.15, -0.1) is 0 Å². The number of aliphatic carboxylic acids is 1. The molecule has 8 N–H and O–H groups in total. The van der Waals surface area contributed by atoms with Crippen LogP contribution in [-0.4, -0.2) is 110 Å². The van der Waals surface area contributed by atoms with E-state index < -0.39 is 48.7 Å². The minimum atomic E-state index is -1.84. The van der Waals surface area contributed by atoms with E-state index in [1.54, 1.807) is 61.4 Å². The molecule has 348 valence electrons. The SMILES string of the molecule is CC(=O)NC(=N)N(C)CCC/C=C/CC(C)/C=C/CCCC(C)/C=C(\C)C(OC1OC(C(=O)O)C(O)C(O)C1O)C(C)/C=C/C=C/C=C/C=C/C=C(\C)C(=O)NC1=C(O)CCC1=O. The standard InChI is InChI=1S/C48H70N4O11/c1-31(22-16-13-14-21-29-52(7)48(49)50-36(6)53)23-17-15-18-24-32(2)30-35(5)43(62-47-42(58)40(56)41(57)44(63-47)46(60)61)33(3)25-19-11-9-8-10-12-20-26-34(4)45(59)51-39-37(54)27-28-38(39)55/h8-13,16-17,19-20,23,25-26,30-33,40-44,47,54,56-58H,14-15,18,21-22,24,27-29H2,1-7H3,(H,51,59)(H,60,61)(H2,49,50,53)/b10-8+,11-9+,16-13+,20-12+,23-17+,25-19+,34-26+,35-30+. The van der Waals surface area contributed by atoms with Gasteiger partial charge >= 0.3 is 5.97 Å². The molecule has 1 saturated heterocycles. The van der Waals surface area contributed by atoms with E-state index in [2.05, 4.69) is 54.9 Å². The first-order chi connectivity index (χ1) is 29.8. The first-order valence-electron chi connectivity index (χ1n) is 21.6. The summed E-state index contributed by atoms with van der Waals surface area (Å²) in [6, 6.07) is 0. The first-order valence-corrected chi connectivity index (χ1v) is 21.6. The highest BCUT2D eigenvalue weighted by Crippen LogP contribution is 2.29. The molecule has 9 unspecified atom stereocenters. The molecule has 1 fully saturated rings. The molecule has 63 heavy (non-hydrogen) atoms. The zero-order chi connectivity index (χ0) is 47.1. The van der Waals surface area contributed by atoms with Gasteiger partial charge in [0.05, 0.1) is 6.10 Å². The van der Waals surface area contributed by atoms with E-state index in [9.17, 15) is 44.7 Å².